The van der Waals surface area contributed by atoms with Crippen LogP contribution in [0.1, 0.15) is 101 Å². The van der Waals surface area contributed by atoms with Gasteiger partial charge >= 0.3 is 11.9 Å². The van der Waals surface area contributed by atoms with Crippen molar-refractivity contribution in [3.63, 3.8) is 0 Å². The number of hydrogen-bond acceptors (Lipinski definition) is 6. The van der Waals surface area contributed by atoms with Gasteiger partial charge in [-0.25, -0.2) is 0 Å². The van der Waals surface area contributed by atoms with Crippen molar-refractivity contribution in [2.24, 2.45) is 0 Å². The van der Waals surface area contributed by atoms with Crippen LogP contribution >= 0.6 is 0 Å². The molecule has 2 rings (SSSR count). The van der Waals surface area contributed by atoms with Crippen LogP contribution in [0.15, 0.2) is 24.3 Å². The van der Waals surface area contributed by atoms with Crippen molar-refractivity contribution in [2.45, 2.75) is 91.9 Å². The summed E-state index contributed by atoms with van der Waals surface area (Å²) in [6.45, 7) is 19.1. The van der Waals surface area contributed by atoms with Gasteiger partial charge in [0.15, 0.2) is 0 Å². The molecule has 2 unspecified atom stereocenters. The van der Waals surface area contributed by atoms with Crippen molar-refractivity contribution < 1.29 is 29.3 Å². The van der Waals surface area contributed by atoms with Gasteiger partial charge in [-0.15, -0.1) is 0 Å². The Bertz CT molecular complexity index is 1030. The highest BCUT2D eigenvalue weighted by Gasteiger charge is 2.26. The molecule has 198 valence electrons. The molecule has 0 radical (unpaired) electrons. The van der Waals surface area contributed by atoms with Gasteiger partial charge in [0.05, 0.1) is 11.8 Å². The lowest BCUT2D eigenvalue weighted by atomic mass is 9.82. The van der Waals surface area contributed by atoms with Crippen LogP contribution in [-0.4, -0.2) is 35.4 Å². The first kappa shape index (κ1) is 29.2. The second kappa shape index (κ2) is 10.9. The number of ether oxygens (including phenoxy) is 2. The Morgan fingerprint density at radius 3 is 1.28 bits per heavy atom. The van der Waals surface area contributed by atoms with Crippen LogP contribution in [0.4, 0.5) is 0 Å². The number of aromatic hydroxyl groups is 2. The molecule has 0 spiro atoms. The Kier molecular flexibility index (Phi) is 8.87. The van der Waals surface area contributed by atoms with E-state index in [1.807, 2.05) is 67.5 Å². The molecule has 2 atom stereocenters. The van der Waals surface area contributed by atoms with E-state index in [1.54, 1.807) is 26.0 Å². The van der Waals surface area contributed by atoms with E-state index in [2.05, 4.69) is 0 Å². The third-order valence-corrected chi connectivity index (χ3v) is 6.54. The number of carbonyl (C=O) groups excluding carboxylic acids is 2. The highest BCUT2D eigenvalue weighted by molar-refractivity contribution is 5.79. The van der Waals surface area contributed by atoms with Crippen LogP contribution in [0, 0.1) is 13.8 Å². The van der Waals surface area contributed by atoms with Gasteiger partial charge in [0.1, 0.15) is 24.7 Å². The van der Waals surface area contributed by atoms with Crippen molar-refractivity contribution in [3.05, 3.63) is 57.6 Å². The third kappa shape index (κ3) is 6.80. The Morgan fingerprint density at radius 1 is 0.694 bits per heavy atom. The van der Waals surface area contributed by atoms with Gasteiger partial charge in [0, 0.05) is 0 Å². The summed E-state index contributed by atoms with van der Waals surface area (Å²) in [6, 6.07) is 7.29. The number of phenolic OH excluding ortho intramolecular Hbond substituents is 2. The number of benzene rings is 2. The molecule has 0 aliphatic heterocycles. The molecule has 6 nitrogen and oxygen atoms in total. The largest absolute Gasteiger partial charge is 0.507 e. The molecule has 36 heavy (non-hydrogen) atoms. The van der Waals surface area contributed by atoms with Crippen molar-refractivity contribution >= 4 is 11.9 Å². The molecule has 0 aliphatic carbocycles. The van der Waals surface area contributed by atoms with Crippen LogP contribution < -0.4 is 0 Å². The maximum atomic E-state index is 12.7. The summed E-state index contributed by atoms with van der Waals surface area (Å²) in [6.07, 6.45) is 0. The van der Waals surface area contributed by atoms with Gasteiger partial charge in [0.25, 0.3) is 0 Å². The van der Waals surface area contributed by atoms with Crippen molar-refractivity contribution in [1.82, 2.24) is 0 Å². The van der Waals surface area contributed by atoms with E-state index in [4.69, 9.17) is 9.47 Å². The van der Waals surface area contributed by atoms with E-state index in [0.717, 1.165) is 22.3 Å². The maximum Gasteiger partial charge on any atom is 0.313 e. The number of rotatable bonds is 7. The van der Waals surface area contributed by atoms with Gasteiger partial charge in [-0.2, -0.15) is 0 Å². The SMILES string of the molecule is Cc1cc(C(C)C(=O)OCCOC(=O)C(C)c2cc(C)c(O)c(C(C)(C)C)c2)cc(C(C)(C)C)c1O. The van der Waals surface area contributed by atoms with E-state index in [9.17, 15) is 19.8 Å². The second-order valence-electron chi connectivity index (χ2n) is 11.7. The fourth-order valence-corrected chi connectivity index (χ4v) is 4.07. The summed E-state index contributed by atoms with van der Waals surface area (Å²) in [5.74, 6) is -1.43. The number of aryl methyl sites for hydroxylation is 2. The highest BCUT2D eigenvalue weighted by atomic mass is 16.6. The summed E-state index contributed by atoms with van der Waals surface area (Å²) < 4.78 is 10.8. The molecule has 0 saturated carbocycles. The van der Waals surface area contributed by atoms with Gasteiger partial charge in [-0.3, -0.25) is 9.59 Å². The molecular formula is C30H42O6. The molecule has 0 aliphatic rings. The van der Waals surface area contributed by atoms with Crippen LogP contribution in [0.2, 0.25) is 0 Å². The van der Waals surface area contributed by atoms with Crippen LogP contribution in [-0.2, 0) is 29.9 Å². The molecular weight excluding hydrogens is 456 g/mol. The fraction of sp³-hybridized carbons (Fsp3) is 0.533. The summed E-state index contributed by atoms with van der Waals surface area (Å²) in [7, 11) is 0. The lowest BCUT2D eigenvalue weighted by molar-refractivity contribution is -0.153. The average Bonchev–Trinajstić information content (AvgIpc) is 2.77. The highest BCUT2D eigenvalue weighted by Crippen LogP contribution is 2.37. The monoisotopic (exact) mass is 498 g/mol. The summed E-state index contributed by atoms with van der Waals surface area (Å²) in [4.78, 5) is 25.3. The van der Waals surface area contributed by atoms with Crippen LogP contribution in [0.25, 0.3) is 0 Å². The molecule has 6 heteroatoms. The van der Waals surface area contributed by atoms with Crippen LogP contribution in [0.5, 0.6) is 11.5 Å². The van der Waals surface area contributed by atoms with E-state index < -0.39 is 23.8 Å². The number of hydrogen-bond donors (Lipinski definition) is 2. The molecule has 0 heterocycles. The maximum absolute atomic E-state index is 12.7. The molecule has 0 saturated heterocycles. The topological polar surface area (TPSA) is 93.1 Å². The molecule has 0 amide bonds. The van der Waals surface area contributed by atoms with Gasteiger partial charge in [0.2, 0.25) is 0 Å². The Balaban J connectivity index is 1.99. The average molecular weight is 499 g/mol. The molecule has 2 aromatic rings. The van der Waals surface area contributed by atoms with Crippen molar-refractivity contribution in [3.8, 4) is 11.5 Å². The Hall–Kier alpha value is -3.02. The van der Waals surface area contributed by atoms with Crippen LogP contribution in [0.3, 0.4) is 0 Å². The zero-order chi connectivity index (χ0) is 27.6. The number of phenols is 2. The first-order chi connectivity index (χ1) is 16.4. The molecule has 0 fully saturated rings. The first-order valence-electron chi connectivity index (χ1n) is 12.5. The van der Waals surface area contributed by atoms with E-state index in [-0.39, 0.29) is 35.5 Å². The Labute approximate surface area is 215 Å². The standard InChI is InChI=1S/C30H42O6/c1-17-13-21(15-23(25(17)31)29(5,6)7)19(3)27(33)35-11-12-36-28(34)20(4)22-14-18(2)26(32)24(16-22)30(8,9)10/h13-16,19-20,31-32H,11-12H2,1-10H3. The van der Waals surface area contributed by atoms with E-state index in [0.29, 0.717) is 11.1 Å². The summed E-state index contributed by atoms with van der Waals surface area (Å²) in [5, 5.41) is 20.9. The minimum absolute atomic E-state index is 0.0489. The lowest BCUT2D eigenvalue weighted by Gasteiger charge is -2.24. The van der Waals surface area contributed by atoms with E-state index in [1.165, 1.54) is 0 Å². The summed E-state index contributed by atoms with van der Waals surface area (Å²) >= 11 is 0. The minimum atomic E-state index is -0.532. The van der Waals surface area contributed by atoms with Crippen molar-refractivity contribution in [1.29, 1.82) is 0 Å². The van der Waals surface area contributed by atoms with Gasteiger partial charge in [-0.05, 0) is 71.9 Å². The predicted molar refractivity (Wildman–Crippen MR) is 142 cm³/mol. The quantitative estimate of drug-likeness (QED) is 0.344. The van der Waals surface area contributed by atoms with E-state index >= 15 is 0 Å². The zero-order valence-electron chi connectivity index (χ0n) is 23.4. The second-order valence-corrected chi connectivity index (χ2v) is 11.7. The Morgan fingerprint density at radius 2 is 1.00 bits per heavy atom. The van der Waals surface area contributed by atoms with Gasteiger partial charge in [-0.1, -0.05) is 65.8 Å². The normalized spacial score (nSPS) is 13.7. The van der Waals surface area contributed by atoms with Crippen molar-refractivity contribution in [2.75, 3.05) is 13.2 Å². The fourth-order valence-electron chi connectivity index (χ4n) is 4.07. The first-order valence-corrected chi connectivity index (χ1v) is 12.5. The predicted octanol–water partition coefficient (Wildman–Crippen LogP) is 6.30. The molecule has 0 bridgehead atoms. The number of esters is 2. The lowest BCUT2D eigenvalue weighted by Crippen LogP contribution is -2.21. The third-order valence-electron chi connectivity index (χ3n) is 6.54. The smallest absolute Gasteiger partial charge is 0.313 e. The molecule has 2 aromatic carbocycles. The molecule has 2 N–H and O–H groups in total. The minimum Gasteiger partial charge on any atom is -0.507 e. The summed E-state index contributed by atoms with van der Waals surface area (Å²) in [5.41, 5.74) is 3.95. The number of carbonyl (C=O) groups is 2. The molecule has 0 aromatic heterocycles. The van der Waals surface area contributed by atoms with Gasteiger partial charge < -0.3 is 19.7 Å². The zero-order valence-corrected chi connectivity index (χ0v) is 23.4.